The number of nitrogens with two attached hydrogens (primary N) is 1. The first-order chi connectivity index (χ1) is 8.27. The zero-order chi connectivity index (χ0) is 12.5. The summed E-state index contributed by atoms with van der Waals surface area (Å²) >= 11 is 0. The monoisotopic (exact) mass is 238 g/mol. The summed E-state index contributed by atoms with van der Waals surface area (Å²) in [7, 11) is 0. The van der Waals surface area contributed by atoms with E-state index in [0.29, 0.717) is 30.7 Å². The predicted octanol–water partition coefficient (Wildman–Crippen LogP) is 3.02. The van der Waals surface area contributed by atoms with Crippen LogP contribution in [0.4, 0.5) is 5.69 Å². The molecule has 1 aromatic rings. The number of hydrogen-bond acceptors (Lipinski definition) is 4. The van der Waals surface area contributed by atoms with Gasteiger partial charge >= 0.3 is 0 Å². The van der Waals surface area contributed by atoms with Crippen molar-refractivity contribution < 1.29 is 9.47 Å². The van der Waals surface area contributed by atoms with Crippen molar-refractivity contribution >= 4 is 5.69 Å². The highest BCUT2D eigenvalue weighted by Gasteiger charge is 2.04. The van der Waals surface area contributed by atoms with Crippen LogP contribution in [-0.4, -0.2) is 18.2 Å². The molecular weight excluding hydrogens is 216 g/mol. The molecule has 1 rings (SSSR count). The molecule has 96 valence electrons. The van der Waals surface area contributed by atoms with Gasteiger partial charge in [-0.05, 0) is 19.4 Å². The maximum atomic E-state index is 5.73. The van der Waals surface area contributed by atoms with Gasteiger partial charge < -0.3 is 15.2 Å². The predicted molar refractivity (Wildman–Crippen MR) is 69.5 cm³/mol. The van der Waals surface area contributed by atoms with Crippen molar-refractivity contribution in [3.05, 3.63) is 12.1 Å². The van der Waals surface area contributed by atoms with Crippen LogP contribution in [0.5, 0.6) is 11.8 Å². The van der Waals surface area contributed by atoms with Gasteiger partial charge in [-0.3, -0.25) is 0 Å². The number of rotatable bonds is 8. The van der Waals surface area contributed by atoms with Crippen molar-refractivity contribution in [2.24, 2.45) is 0 Å². The van der Waals surface area contributed by atoms with Gasteiger partial charge in [0.2, 0.25) is 11.8 Å². The summed E-state index contributed by atoms with van der Waals surface area (Å²) in [6.07, 6.45) is 4.74. The maximum absolute atomic E-state index is 5.73. The third-order valence-corrected chi connectivity index (χ3v) is 2.39. The van der Waals surface area contributed by atoms with Crippen LogP contribution in [0.15, 0.2) is 12.1 Å². The maximum Gasteiger partial charge on any atom is 0.240 e. The molecule has 4 nitrogen and oxygen atoms in total. The van der Waals surface area contributed by atoms with Gasteiger partial charge in [-0.2, -0.15) is 4.98 Å². The second kappa shape index (κ2) is 7.76. The quantitative estimate of drug-likeness (QED) is 0.707. The molecule has 0 unspecified atom stereocenters. The SMILES string of the molecule is CCCCCCOc1ccc(N)c(OCC)n1. The summed E-state index contributed by atoms with van der Waals surface area (Å²) in [5, 5.41) is 0. The summed E-state index contributed by atoms with van der Waals surface area (Å²) in [6.45, 7) is 5.34. The van der Waals surface area contributed by atoms with Gasteiger partial charge in [0.05, 0.1) is 18.9 Å². The van der Waals surface area contributed by atoms with E-state index < -0.39 is 0 Å². The molecule has 1 heterocycles. The molecule has 0 aliphatic heterocycles. The smallest absolute Gasteiger partial charge is 0.240 e. The summed E-state index contributed by atoms with van der Waals surface area (Å²) in [4.78, 5) is 4.21. The van der Waals surface area contributed by atoms with Gasteiger partial charge in [0.15, 0.2) is 0 Å². The van der Waals surface area contributed by atoms with Crippen LogP contribution in [0.3, 0.4) is 0 Å². The van der Waals surface area contributed by atoms with E-state index in [9.17, 15) is 0 Å². The van der Waals surface area contributed by atoms with Gasteiger partial charge in [0.1, 0.15) is 0 Å². The minimum atomic E-state index is 0.457. The Labute approximate surface area is 103 Å². The molecule has 4 heteroatoms. The van der Waals surface area contributed by atoms with Crippen LogP contribution in [0.1, 0.15) is 39.5 Å². The van der Waals surface area contributed by atoms with E-state index in [1.54, 1.807) is 12.1 Å². The van der Waals surface area contributed by atoms with Crippen molar-refractivity contribution in [3.8, 4) is 11.8 Å². The topological polar surface area (TPSA) is 57.4 Å². The number of nitrogen functional groups attached to an aromatic ring is 1. The van der Waals surface area contributed by atoms with E-state index in [1.807, 2.05) is 6.92 Å². The second-order valence-corrected chi connectivity index (χ2v) is 3.89. The van der Waals surface area contributed by atoms with Gasteiger partial charge in [0, 0.05) is 6.07 Å². The summed E-state index contributed by atoms with van der Waals surface area (Å²) in [6, 6.07) is 3.54. The molecule has 0 saturated carbocycles. The Hall–Kier alpha value is -1.45. The van der Waals surface area contributed by atoms with Gasteiger partial charge in [-0.1, -0.05) is 26.2 Å². The zero-order valence-electron chi connectivity index (χ0n) is 10.7. The number of pyridine rings is 1. The van der Waals surface area contributed by atoms with E-state index in [1.165, 1.54) is 19.3 Å². The molecule has 0 aliphatic rings. The highest BCUT2D eigenvalue weighted by molar-refractivity contribution is 5.49. The third-order valence-electron chi connectivity index (χ3n) is 2.39. The highest BCUT2D eigenvalue weighted by atomic mass is 16.5. The summed E-state index contributed by atoms with van der Waals surface area (Å²) in [5.74, 6) is 1.04. The number of hydrogen-bond donors (Lipinski definition) is 1. The molecule has 2 N–H and O–H groups in total. The van der Waals surface area contributed by atoms with Crippen LogP contribution in [-0.2, 0) is 0 Å². The lowest BCUT2D eigenvalue weighted by Crippen LogP contribution is -2.03. The molecule has 0 aromatic carbocycles. The number of nitrogens with zero attached hydrogens (tertiary/aromatic N) is 1. The molecule has 0 bridgehead atoms. The van der Waals surface area contributed by atoms with E-state index in [2.05, 4.69) is 11.9 Å². The largest absolute Gasteiger partial charge is 0.478 e. The van der Waals surface area contributed by atoms with Gasteiger partial charge in [0.25, 0.3) is 0 Å². The molecule has 1 aromatic heterocycles. The first-order valence-corrected chi connectivity index (χ1v) is 6.30. The lowest BCUT2D eigenvalue weighted by Gasteiger charge is -2.09. The Morgan fingerprint density at radius 1 is 1.12 bits per heavy atom. The molecule has 0 saturated heterocycles. The molecule has 0 radical (unpaired) electrons. The normalized spacial score (nSPS) is 10.2. The van der Waals surface area contributed by atoms with Crippen LogP contribution in [0.25, 0.3) is 0 Å². The minimum Gasteiger partial charge on any atom is -0.478 e. The van der Waals surface area contributed by atoms with Crippen molar-refractivity contribution in [3.63, 3.8) is 0 Å². The fourth-order valence-electron chi connectivity index (χ4n) is 1.47. The van der Waals surface area contributed by atoms with Crippen molar-refractivity contribution in [2.75, 3.05) is 18.9 Å². The third kappa shape index (κ3) is 4.93. The van der Waals surface area contributed by atoms with Crippen LogP contribution >= 0.6 is 0 Å². The molecule has 17 heavy (non-hydrogen) atoms. The van der Waals surface area contributed by atoms with E-state index >= 15 is 0 Å². The molecular formula is C13H22N2O2. The van der Waals surface area contributed by atoms with Crippen molar-refractivity contribution in [1.82, 2.24) is 4.98 Å². The lowest BCUT2D eigenvalue weighted by molar-refractivity contribution is 0.280. The highest BCUT2D eigenvalue weighted by Crippen LogP contribution is 2.22. The molecule has 0 aliphatic carbocycles. The Kier molecular flexibility index (Phi) is 6.22. The molecule has 0 amide bonds. The summed E-state index contributed by atoms with van der Waals surface area (Å²) < 4.78 is 10.9. The first-order valence-electron chi connectivity index (χ1n) is 6.30. The number of unbranched alkanes of at least 4 members (excludes halogenated alkanes) is 3. The summed E-state index contributed by atoms with van der Waals surface area (Å²) in [5.41, 5.74) is 6.27. The molecule has 0 atom stereocenters. The standard InChI is InChI=1S/C13H22N2O2/c1-3-5-6-7-10-17-12-9-8-11(14)13(15-12)16-4-2/h8-9H,3-7,10,14H2,1-2H3. The number of ether oxygens (including phenoxy) is 2. The average Bonchev–Trinajstić information content (AvgIpc) is 2.33. The Morgan fingerprint density at radius 2 is 1.94 bits per heavy atom. The molecule has 0 fully saturated rings. The van der Waals surface area contributed by atoms with E-state index in [-0.39, 0.29) is 0 Å². The fraction of sp³-hybridized carbons (Fsp3) is 0.615. The fourth-order valence-corrected chi connectivity index (χ4v) is 1.47. The van der Waals surface area contributed by atoms with E-state index in [0.717, 1.165) is 6.42 Å². The second-order valence-electron chi connectivity index (χ2n) is 3.89. The van der Waals surface area contributed by atoms with Crippen molar-refractivity contribution in [1.29, 1.82) is 0 Å². The van der Waals surface area contributed by atoms with Crippen LogP contribution in [0, 0.1) is 0 Å². The average molecular weight is 238 g/mol. The van der Waals surface area contributed by atoms with Crippen LogP contribution in [0.2, 0.25) is 0 Å². The Bertz CT molecular complexity index is 329. The van der Waals surface area contributed by atoms with Gasteiger partial charge in [-0.15, -0.1) is 0 Å². The Balaban J connectivity index is 2.40. The Morgan fingerprint density at radius 3 is 2.65 bits per heavy atom. The first kappa shape index (κ1) is 13.6. The zero-order valence-corrected chi connectivity index (χ0v) is 10.7. The van der Waals surface area contributed by atoms with Gasteiger partial charge in [-0.25, -0.2) is 0 Å². The number of anilines is 1. The van der Waals surface area contributed by atoms with Crippen molar-refractivity contribution in [2.45, 2.75) is 39.5 Å². The molecule has 0 spiro atoms. The minimum absolute atomic E-state index is 0.457. The number of aromatic nitrogens is 1. The van der Waals surface area contributed by atoms with Crippen LogP contribution < -0.4 is 15.2 Å². The lowest BCUT2D eigenvalue weighted by atomic mass is 10.2. The van der Waals surface area contributed by atoms with E-state index in [4.69, 9.17) is 15.2 Å².